The molecule has 2 aromatic carbocycles. The average Bonchev–Trinajstić information content (AvgIpc) is 2.72. The fourth-order valence-corrected chi connectivity index (χ4v) is 3.92. The Hall–Kier alpha value is -2.48. The summed E-state index contributed by atoms with van der Waals surface area (Å²) in [6.45, 7) is 2.03. The Morgan fingerprint density at radius 3 is 2.39 bits per heavy atom. The zero-order chi connectivity index (χ0) is 22.6. The van der Waals surface area contributed by atoms with Crippen molar-refractivity contribution in [2.24, 2.45) is 0 Å². The minimum absolute atomic E-state index is 0.187. The molecule has 0 atom stereocenters. The summed E-state index contributed by atoms with van der Waals surface area (Å²) in [6.07, 6.45) is 2.59. The highest BCUT2D eigenvalue weighted by Gasteiger charge is 2.23. The molecule has 3 rings (SSSR count). The molecule has 0 aliphatic heterocycles. The molecule has 0 radical (unpaired) electrons. The number of hydrogen-bond acceptors (Lipinski definition) is 5. The summed E-state index contributed by atoms with van der Waals surface area (Å²) in [6, 6.07) is 14.7. The van der Waals surface area contributed by atoms with Gasteiger partial charge in [0.05, 0.1) is 27.0 Å². The average molecular weight is 478 g/mol. The number of hydrogen-bond donors (Lipinski definition) is 1. The zero-order valence-corrected chi connectivity index (χ0v) is 19.4. The van der Waals surface area contributed by atoms with Crippen molar-refractivity contribution in [2.75, 3.05) is 12.8 Å². The minimum atomic E-state index is -3.68. The number of nitrogens with one attached hydrogen (secondary N) is 1. The monoisotopic (exact) mass is 477 g/mol. The van der Waals surface area contributed by atoms with Gasteiger partial charge in [-0.1, -0.05) is 59.6 Å². The Labute approximate surface area is 191 Å². The highest BCUT2D eigenvalue weighted by Crippen LogP contribution is 2.30. The first-order chi connectivity index (χ1) is 14.7. The molecule has 1 amide bonds. The maximum Gasteiger partial charge on any atom is 0.255 e. The van der Waals surface area contributed by atoms with E-state index >= 15 is 0 Å². The number of aryl methyl sites for hydroxylation is 2. The van der Waals surface area contributed by atoms with Gasteiger partial charge in [-0.15, -0.1) is 0 Å². The molecule has 1 heterocycles. The number of carbonyl (C=O) groups is 1. The Balaban J connectivity index is 1.90. The van der Waals surface area contributed by atoms with Crippen LogP contribution in [0, 0.1) is 6.92 Å². The standard InChI is InChI=1S/C22H21Cl2N3O3S/c1-14-19(21(28)25-12-6-9-15-7-4-3-5-8-15)20(27-22(26-14)31(2,29)30)16-10-11-17(23)18(24)13-16/h3-5,7-8,10-11,13H,6,9,12H2,1-2H3,(H,25,28). The van der Waals surface area contributed by atoms with Gasteiger partial charge < -0.3 is 5.32 Å². The first-order valence-electron chi connectivity index (χ1n) is 9.53. The lowest BCUT2D eigenvalue weighted by Gasteiger charge is -2.14. The maximum absolute atomic E-state index is 13.0. The molecule has 0 aliphatic carbocycles. The molecular weight excluding hydrogens is 457 g/mol. The van der Waals surface area contributed by atoms with Crippen LogP contribution in [0.15, 0.2) is 53.7 Å². The van der Waals surface area contributed by atoms with Crippen LogP contribution >= 0.6 is 23.2 Å². The number of aromatic nitrogens is 2. The van der Waals surface area contributed by atoms with Crippen LogP contribution in [0.3, 0.4) is 0 Å². The predicted molar refractivity (Wildman–Crippen MR) is 122 cm³/mol. The molecule has 0 saturated heterocycles. The van der Waals surface area contributed by atoms with E-state index < -0.39 is 9.84 Å². The van der Waals surface area contributed by atoms with Crippen LogP contribution in [0.4, 0.5) is 0 Å². The highest BCUT2D eigenvalue weighted by atomic mass is 35.5. The van der Waals surface area contributed by atoms with Crippen molar-refractivity contribution in [3.63, 3.8) is 0 Å². The van der Waals surface area contributed by atoms with Gasteiger partial charge in [0.15, 0.2) is 0 Å². The molecule has 0 saturated carbocycles. The van der Waals surface area contributed by atoms with Crippen molar-refractivity contribution in [1.82, 2.24) is 15.3 Å². The zero-order valence-electron chi connectivity index (χ0n) is 17.0. The number of halogens is 2. The van der Waals surface area contributed by atoms with Crippen LogP contribution in [-0.4, -0.2) is 37.1 Å². The van der Waals surface area contributed by atoms with Gasteiger partial charge in [0.25, 0.3) is 5.91 Å². The van der Waals surface area contributed by atoms with Crippen LogP contribution in [0.1, 0.15) is 28.0 Å². The summed E-state index contributed by atoms with van der Waals surface area (Å²) in [5.41, 5.74) is 2.30. The Kier molecular flexibility index (Phi) is 7.30. The number of rotatable bonds is 7. The molecule has 0 unspecified atom stereocenters. The number of amides is 1. The van der Waals surface area contributed by atoms with Crippen molar-refractivity contribution in [3.8, 4) is 11.3 Å². The molecular formula is C22H21Cl2N3O3S. The topological polar surface area (TPSA) is 89.0 Å². The summed E-state index contributed by atoms with van der Waals surface area (Å²) in [7, 11) is -3.68. The smallest absolute Gasteiger partial charge is 0.255 e. The van der Waals surface area contributed by atoms with E-state index in [1.165, 1.54) is 5.56 Å². The van der Waals surface area contributed by atoms with E-state index in [2.05, 4.69) is 15.3 Å². The highest BCUT2D eigenvalue weighted by molar-refractivity contribution is 7.90. The van der Waals surface area contributed by atoms with Gasteiger partial charge in [0.2, 0.25) is 15.0 Å². The maximum atomic E-state index is 13.0. The van der Waals surface area contributed by atoms with Crippen molar-refractivity contribution in [3.05, 3.63) is 75.4 Å². The van der Waals surface area contributed by atoms with Gasteiger partial charge in [-0.25, -0.2) is 18.4 Å². The minimum Gasteiger partial charge on any atom is -0.352 e. The molecule has 0 bridgehead atoms. The predicted octanol–water partition coefficient (Wildman–Crippen LogP) is 4.52. The van der Waals surface area contributed by atoms with Crippen molar-refractivity contribution in [1.29, 1.82) is 0 Å². The van der Waals surface area contributed by atoms with E-state index in [1.807, 2.05) is 30.3 Å². The van der Waals surface area contributed by atoms with E-state index in [9.17, 15) is 13.2 Å². The third-order valence-corrected chi connectivity index (χ3v) is 6.18. The SMILES string of the molecule is Cc1nc(S(C)(=O)=O)nc(-c2ccc(Cl)c(Cl)c2)c1C(=O)NCCCc1ccccc1. The van der Waals surface area contributed by atoms with Crippen LogP contribution in [0.2, 0.25) is 10.0 Å². The van der Waals surface area contributed by atoms with Crippen molar-refractivity contribution < 1.29 is 13.2 Å². The van der Waals surface area contributed by atoms with Crippen LogP contribution < -0.4 is 5.32 Å². The molecule has 1 aromatic heterocycles. The number of carbonyl (C=O) groups excluding carboxylic acids is 1. The molecule has 1 N–H and O–H groups in total. The van der Waals surface area contributed by atoms with Gasteiger partial charge in [0, 0.05) is 18.4 Å². The second-order valence-corrected chi connectivity index (χ2v) is 9.79. The summed E-state index contributed by atoms with van der Waals surface area (Å²) in [4.78, 5) is 21.2. The summed E-state index contributed by atoms with van der Waals surface area (Å²) >= 11 is 12.1. The fraction of sp³-hybridized carbons (Fsp3) is 0.227. The molecule has 0 aliphatic rings. The molecule has 0 fully saturated rings. The molecule has 3 aromatic rings. The largest absolute Gasteiger partial charge is 0.352 e. The summed E-state index contributed by atoms with van der Waals surface area (Å²) in [5, 5.41) is 3.13. The number of sulfone groups is 1. The lowest BCUT2D eigenvalue weighted by molar-refractivity contribution is 0.0952. The van der Waals surface area contributed by atoms with Crippen LogP contribution in [0.5, 0.6) is 0 Å². The van der Waals surface area contributed by atoms with E-state index in [1.54, 1.807) is 25.1 Å². The Morgan fingerprint density at radius 2 is 1.74 bits per heavy atom. The van der Waals surface area contributed by atoms with E-state index in [0.29, 0.717) is 17.1 Å². The summed E-state index contributed by atoms with van der Waals surface area (Å²) < 4.78 is 24.1. The van der Waals surface area contributed by atoms with Crippen molar-refractivity contribution >= 4 is 38.9 Å². The van der Waals surface area contributed by atoms with Gasteiger partial charge >= 0.3 is 0 Å². The Bertz CT molecular complexity index is 1220. The van der Waals surface area contributed by atoms with Crippen molar-refractivity contribution in [2.45, 2.75) is 24.9 Å². The third-order valence-electron chi connectivity index (χ3n) is 4.59. The second kappa shape index (κ2) is 9.77. The molecule has 31 heavy (non-hydrogen) atoms. The first kappa shape index (κ1) is 23.2. The van der Waals surface area contributed by atoms with Gasteiger partial charge in [-0.05, 0) is 37.5 Å². The van der Waals surface area contributed by atoms with Gasteiger partial charge in [-0.3, -0.25) is 4.79 Å². The fourth-order valence-electron chi connectivity index (χ4n) is 3.06. The number of nitrogens with zero attached hydrogens (tertiary/aromatic N) is 2. The molecule has 0 spiro atoms. The molecule has 6 nitrogen and oxygen atoms in total. The lowest BCUT2D eigenvalue weighted by Crippen LogP contribution is -2.27. The molecule has 162 valence electrons. The van der Waals surface area contributed by atoms with Gasteiger partial charge in [0.1, 0.15) is 0 Å². The normalized spacial score (nSPS) is 11.4. The first-order valence-corrected chi connectivity index (χ1v) is 12.2. The van der Waals surface area contributed by atoms with Crippen LogP contribution in [0.25, 0.3) is 11.3 Å². The second-order valence-electron chi connectivity index (χ2n) is 7.06. The number of benzene rings is 2. The van der Waals surface area contributed by atoms with Crippen LogP contribution in [-0.2, 0) is 16.3 Å². The summed E-state index contributed by atoms with van der Waals surface area (Å²) in [5.74, 6) is -0.383. The Morgan fingerprint density at radius 1 is 1.03 bits per heavy atom. The third kappa shape index (κ3) is 5.81. The quantitative estimate of drug-likeness (QED) is 0.398. The lowest BCUT2D eigenvalue weighted by atomic mass is 10.0. The van der Waals surface area contributed by atoms with Gasteiger partial charge in [-0.2, -0.15) is 0 Å². The van der Waals surface area contributed by atoms with E-state index in [4.69, 9.17) is 23.2 Å². The van der Waals surface area contributed by atoms with E-state index in [-0.39, 0.29) is 33.0 Å². The van der Waals surface area contributed by atoms with E-state index in [0.717, 1.165) is 19.1 Å². The molecule has 9 heteroatoms.